The fourth-order valence-corrected chi connectivity index (χ4v) is 1.21. The van der Waals surface area contributed by atoms with Gasteiger partial charge in [0.15, 0.2) is 17.3 Å². The van der Waals surface area contributed by atoms with E-state index in [1.807, 2.05) is 13.8 Å². The molecule has 2 N–H and O–H groups in total. The molecule has 5 nitrogen and oxygen atoms in total. The van der Waals surface area contributed by atoms with Crippen LogP contribution in [0.4, 0.5) is 0 Å². The smallest absolute Gasteiger partial charge is 0.170 e. The molecule has 0 heterocycles. The van der Waals surface area contributed by atoms with E-state index in [2.05, 4.69) is 5.16 Å². The third-order valence-corrected chi connectivity index (χ3v) is 2.04. The summed E-state index contributed by atoms with van der Waals surface area (Å²) in [4.78, 5) is 5.08. The van der Waals surface area contributed by atoms with Crippen LogP contribution in [0, 0.1) is 0 Å². The summed E-state index contributed by atoms with van der Waals surface area (Å²) >= 11 is 0. The first kappa shape index (κ1) is 13.2. The van der Waals surface area contributed by atoms with Gasteiger partial charge in [-0.2, -0.15) is 0 Å². The number of hydrogen-bond donors (Lipinski definition) is 1. The fraction of sp³-hybridized carbons (Fsp3) is 0.417. The summed E-state index contributed by atoms with van der Waals surface area (Å²) in [5.74, 6) is 1.56. The van der Waals surface area contributed by atoms with Crippen LogP contribution in [0.1, 0.15) is 19.4 Å². The minimum atomic E-state index is -0.00584. The first-order valence-corrected chi connectivity index (χ1v) is 5.30. The Labute approximate surface area is 101 Å². The lowest BCUT2D eigenvalue weighted by Gasteiger charge is -2.09. The van der Waals surface area contributed by atoms with Crippen LogP contribution in [-0.2, 0) is 4.84 Å². The molecule has 0 aliphatic carbocycles. The van der Waals surface area contributed by atoms with E-state index in [4.69, 9.17) is 20.0 Å². The normalized spacial score (nSPS) is 11.5. The van der Waals surface area contributed by atoms with Crippen molar-refractivity contribution in [2.24, 2.45) is 10.9 Å². The Hall–Kier alpha value is -1.91. The molecule has 0 saturated carbocycles. The maximum atomic E-state index is 5.79. The lowest BCUT2D eigenvalue weighted by molar-refractivity contribution is 0.0858. The van der Waals surface area contributed by atoms with E-state index in [0.29, 0.717) is 17.3 Å². The summed E-state index contributed by atoms with van der Waals surface area (Å²) in [5.41, 5.74) is 6.51. The lowest BCUT2D eigenvalue weighted by Crippen LogP contribution is -2.15. The molecule has 0 aliphatic heterocycles. The molecule has 1 aromatic rings. The largest absolute Gasteiger partial charge is 0.493 e. The first-order chi connectivity index (χ1) is 8.08. The van der Waals surface area contributed by atoms with Gasteiger partial charge in [0.05, 0.1) is 14.2 Å². The zero-order chi connectivity index (χ0) is 12.8. The quantitative estimate of drug-likeness (QED) is 0.482. The Kier molecular flexibility index (Phi) is 4.63. The molecule has 0 fully saturated rings. The number of hydrogen-bond acceptors (Lipinski definition) is 4. The molecule has 1 aromatic carbocycles. The van der Waals surface area contributed by atoms with Crippen molar-refractivity contribution in [2.45, 2.75) is 20.0 Å². The Morgan fingerprint density at radius 2 is 1.82 bits per heavy atom. The Morgan fingerprint density at radius 1 is 1.18 bits per heavy atom. The SMILES string of the molecule is COc1ccc(/C(N)=N/OC(C)C)cc1OC. The van der Waals surface area contributed by atoms with Crippen LogP contribution in [0.15, 0.2) is 23.4 Å². The van der Waals surface area contributed by atoms with Gasteiger partial charge >= 0.3 is 0 Å². The summed E-state index contributed by atoms with van der Waals surface area (Å²) in [7, 11) is 3.15. The molecule has 17 heavy (non-hydrogen) atoms. The van der Waals surface area contributed by atoms with Gasteiger partial charge in [-0.1, -0.05) is 5.16 Å². The maximum Gasteiger partial charge on any atom is 0.170 e. The number of nitrogens with zero attached hydrogens (tertiary/aromatic N) is 1. The Balaban J connectivity index is 2.95. The summed E-state index contributed by atoms with van der Waals surface area (Å²) in [6, 6.07) is 5.32. The van der Waals surface area contributed by atoms with Crippen LogP contribution >= 0.6 is 0 Å². The van der Waals surface area contributed by atoms with Crippen molar-refractivity contribution < 1.29 is 14.3 Å². The highest BCUT2D eigenvalue weighted by molar-refractivity contribution is 5.97. The fourth-order valence-electron chi connectivity index (χ4n) is 1.21. The van der Waals surface area contributed by atoms with Gasteiger partial charge in [-0.3, -0.25) is 0 Å². The molecular formula is C12H18N2O3. The molecule has 0 amide bonds. The van der Waals surface area contributed by atoms with Crippen molar-refractivity contribution in [3.05, 3.63) is 23.8 Å². The van der Waals surface area contributed by atoms with Crippen LogP contribution in [0.3, 0.4) is 0 Å². The highest BCUT2D eigenvalue weighted by Crippen LogP contribution is 2.27. The monoisotopic (exact) mass is 238 g/mol. The van der Waals surface area contributed by atoms with Crippen molar-refractivity contribution in [2.75, 3.05) is 14.2 Å². The van der Waals surface area contributed by atoms with Crippen molar-refractivity contribution in [3.63, 3.8) is 0 Å². The highest BCUT2D eigenvalue weighted by atomic mass is 16.6. The van der Waals surface area contributed by atoms with Gasteiger partial charge in [-0.05, 0) is 32.0 Å². The third kappa shape index (κ3) is 3.55. The third-order valence-electron chi connectivity index (χ3n) is 2.04. The van der Waals surface area contributed by atoms with Crippen molar-refractivity contribution >= 4 is 5.84 Å². The minimum Gasteiger partial charge on any atom is -0.493 e. The average Bonchev–Trinajstić information content (AvgIpc) is 2.34. The van der Waals surface area contributed by atoms with Crippen LogP contribution < -0.4 is 15.2 Å². The molecule has 0 radical (unpaired) electrons. The number of benzene rings is 1. The second-order valence-corrected chi connectivity index (χ2v) is 3.70. The van der Waals surface area contributed by atoms with Crippen molar-refractivity contribution in [1.82, 2.24) is 0 Å². The van der Waals surface area contributed by atoms with E-state index >= 15 is 0 Å². The maximum absolute atomic E-state index is 5.79. The minimum absolute atomic E-state index is 0.00584. The molecule has 0 aliphatic rings. The number of amidine groups is 1. The number of oxime groups is 1. The molecule has 0 spiro atoms. The van der Waals surface area contributed by atoms with Crippen LogP contribution in [0.25, 0.3) is 0 Å². The summed E-state index contributed by atoms with van der Waals surface area (Å²) in [6.07, 6.45) is -0.00584. The Morgan fingerprint density at radius 3 is 2.35 bits per heavy atom. The number of methoxy groups -OCH3 is 2. The molecule has 0 atom stereocenters. The highest BCUT2D eigenvalue weighted by Gasteiger charge is 2.07. The summed E-state index contributed by atoms with van der Waals surface area (Å²) in [6.45, 7) is 3.76. The molecule has 5 heteroatoms. The van der Waals surface area contributed by atoms with Gasteiger partial charge in [-0.25, -0.2) is 0 Å². The topological polar surface area (TPSA) is 66.1 Å². The van der Waals surface area contributed by atoms with Gasteiger partial charge in [0, 0.05) is 5.56 Å². The van der Waals surface area contributed by atoms with E-state index in [1.54, 1.807) is 32.4 Å². The zero-order valence-corrected chi connectivity index (χ0v) is 10.6. The second kappa shape index (κ2) is 5.98. The molecule has 0 saturated heterocycles. The Bertz CT molecular complexity index is 403. The van der Waals surface area contributed by atoms with Crippen LogP contribution in [-0.4, -0.2) is 26.2 Å². The molecule has 1 rings (SSSR count). The number of ether oxygens (including phenoxy) is 2. The van der Waals surface area contributed by atoms with Gasteiger partial charge in [0.1, 0.15) is 6.10 Å². The predicted octanol–water partition coefficient (Wildman–Crippen LogP) is 1.75. The van der Waals surface area contributed by atoms with E-state index in [0.717, 1.165) is 5.56 Å². The summed E-state index contributed by atoms with van der Waals surface area (Å²) in [5, 5.41) is 3.82. The zero-order valence-electron chi connectivity index (χ0n) is 10.6. The average molecular weight is 238 g/mol. The number of nitrogens with two attached hydrogens (primary N) is 1. The van der Waals surface area contributed by atoms with Crippen LogP contribution in [0.5, 0.6) is 11.5 Å². The molecular weight excluding hydrogens is 220 g/mol. The van der Waals surface area contributed by atoms with E-state index in [-0.39, 0.29) is 6.10 Å². The van der Waals surface area contributed by atoms with E-state index in [1.165, 1.54) is 0 Å². The van der Waals surface area contributed by atoms with Gasteiger partial charge in [-0.15, -0.1) is 0 Å². The van der Waals surface area contributed by atoms with Crippen LogP contribution in [0.2, 0.25) is 0 Å². The second-order valence-electron chi connectivity index (χ2n) is 3.70. The van der Waals surface area contributed by atoms with E-state index < -0.39 is 0 Å². The first-order valence-electron chi connectivity index (χ1n) is 5.30. The standard InChI is InChI=1S/C12H18N2O3/c1-8(2)17-14-12(13)9-5-6-10(15-3)11(7-9)16-4/h5-8H,1-4H3,(H2,13,14). The molecule has 0 aromatic heterocycles. The van der Waals surface area contributed by atoms with E-state index in [9.17, 15) is 0 Å². The number of rotatable bonds is 5. The predicted molar refractivity (Wildman–Crippen MR) is 66.5 cm³/mol. The summed E-state index contributed by atoms with van der Waals surface area (Å²) < 4.78 is 10.3. The molecule has 0 bridgehead atoms. The lowest BCUT2D eigenvalue weighted by atomic mass is 10.2. The van der Waals surface area contributed by atoms with Gasteiger partial charge < -0.3 is 20.0 Å². The van der Waals surface area contributed by atoms with Gasteiger partial charge in [0.2, 0.25) is 0 Å². The van der Waals surface area contributed by atoms with Gasteiger partial charge in [0.25, 0.3) is 0 Å². The molecule has 0 unspecified atom stereocenters. The van der Waals surface area contributed by atoms with Crippen molar-refractivity contribution in [1.29, 1.82) is 0 Å². The molecule has 94 valence electrons. The van der Waals surface area contributed by atoms with Crippen molar-refractivity contribution in [3.8, 4) is 11.5 Å².